The number of hydrogen-bond acceptors (Lipinski definition) is 3. The summed E-state index contributed by atoms with van der Waals surface area (Å²) in [5.41, 5.74) is 3.94. The fraction of sp³-hybridized carbons (Fsp3) is 0.125. The summed E-state index contributed by atoms with van der Waals surface area (Å²) < 4.78 is 13.7. The number of aromatic nitrogens is 3. The van der Waals surface area contributed by atoms with Gasteiger partial charge >= 0.3 is 0 Å². The molecule has 4 nitrogen and oxygen atoms in total. The zero-order valence-corrected chi connectivity index (χ0v) is 12.7. The average Bonchev–Trinajstić information content (AvgIpc) is 2.90. The van der Waals surface area contributed by atoms with Gasteiger partial charge in [0.2, 0.25) is 0 Å². The van der Waals surface area contributed by atoms with Crippen molar-refractivity contribution in [2.45, 2.75) is 4.90 Å². The van der Waals surface area contributed by atoms with Crippen LogP contribution in [0.1, 0.15) is 0 Å². The summed E-state index contributed by atoms with van der Waals surface area (Å²) in [4.78, 5) is 9.37. The third kappa shape index (κ3) is 2.64. The van der Waals surface area contributed by atoms with Crippen LogP contribution in [-0.4, -0.2) is 25.0 Å². The molecule has 106 valence electrons. The molecule has 3 rings (SSSR count). The number of benzene rings is 1. The maximum Gasteiger partial charge on any atom is 0.0963 e. The SMILES string of the molecule is Cn1cnc(-c2cccc(S(C)=O)c2)c1-c1ccncc1. The van der Waals surface area contributed by atoms with E-state index in [0.717, 1.165) is 27.4 Å². The molecule has 0 spiro atoms. The average molecular weight is 297 g/mol. The van der Waals surface area contributed by atoms with Crippen LogP contribution in [0.3, 0.4) is 0 Å². The van der Waals surface area contributed by atoms with Crippen molar-refractivity contribution in [3.8, 4) is 22.5 Å². The van der Waals surface area contributed by atoms with Crippen LogP contribution in [0.2, 0.25) is 0 Å². The minimum absolute atomic E-state index is 0.804. The third-order valence-corrected chi connectivity index (χ3v) is 4.25. The number of rotatable bonds is 3. The van der Waals surface area contributed by atoms with Crippen LogP contribution in [0.15, 0.2) is 60.0 Å². The molecule has 0 aliphatic rings. The van der Waals surface area contributed by atoms with Crippen molar-refractivity contribution in [3.63, 3.8) is 0 Å². The smallest absolute Gasteiger partial charge is 0.0963 e. The highest BCUT2D eigenvalue weighted by molar-refractivity contribution is 7.84. The molecule has 0 amide bonds. The van der Waals surface area contributed by atoms with Gasteiger partial charge < -0.3 is 4.57 Å². The molecular weight excluding hydrogens is 282 g/mol. The lowest BCUT2D eigenvalue weighted by atomic mass is 10.1. The van der Waals surface area contributed by atoms with Crippen LogP contribution in [0, 0.1) is 0 Å². The molecule has 0 saturated carbocycles. The van der Waals surface area contributed by atoms with Crippen molar-refractivity contribution < 1.29 is 4.21 Å². The topological polar surface area (TPSA) is 47.8 Å². The highest BCUT2D eigenvalue weighted by atomic mass is 32.2. The first-order valence-electron chi connectivity index (χ1n) is 6.52. The van der Waals surface area contributed by atoms with Crippen LogP contribution >= 0.6 is 0 Å². The molecule has 0 aliphatic heterocycles. The lowest BCUT2D eigenvalue weighted by Gasteiger charge is -2.07. The van der Waals surface area contributed by atoms with Gasteiger partial charge in [0.05, 0.1) is 17.7 Å². The summed E-state index contributed by atoms with van der Waals surface area (Å²) in [6.07, 6.45) is 7.01. The fourth-order valence-corrected chi connectivity index (χ4v) is 2.88. The fourth-order valence-electron chi connectivity index (χ4n) is 2.31. The lowest BCUT2D eigenvalue weighted by Crippen LogP contribution is -1.93. The quantitative estimate of drug-likeness (QED) is 0.747. The van der Waals surface area contributed by atoms with Crippen molar-refractivity contribution in [2.75, 3.05) is 6.26 Å². The van der Waals surface area contributed by atoms with Gasteiger partial charge in [0, 0.05) is 52.5 Å². The molecule has 2 heterocycles. The Morgan fingerprint density at radius 1 is 1.10 bits per heavy atom. The molecule has 5 heteroatoms. The molecule has 0 saturated heterocycles. The monoisotopic (exact) mass is 297 g/mol. The zero-order chi connectivity index (χ0) is 14.8. The van der Waals surface area contributed by atoms with E-state index in [1.807, 2.05) is 48.0 Å². The summed E-state index contributed by atoms with van der Waals surface area (Å²) in [7, 11) is 0.964. The van der Waals surface area contributed by atoms with Gasteiger partial charge in [-0.3, -0.25) is 9.19 Å². The second-order valence-corrected chi connectivity index (χ2v) is 6.15. The van der Waals surface area contributed by atoms with E-state index in [9.17, 15) is 4.21 Å². The summed E-state index contributed by atoms with van der Waals surface area (Å²) in [5.74, 6) is 0. The van der Waals surface area contributed by atoms with Gasteiger partial charge in [-0.15, -0.1) is 0 Å². The number of aryl methyl sites for hydroxylation is 1. The van der Waals surface area contributed by atoms with Crippen molar-refractivity contribution in [3.05, 3.63) is 55.1 Å². The summed E-state index contributed by atoms with van der Waals surface area (Å²) in [5, 5.41) is 0. The third-order valence-electron chi connectivity index (χ3n) is 3.33. The molecule has 0 aliphatic carbocycles. The second-order valence-electron chi connectivity index (χ2n) is 4.77. The minimum atomic E-state index is -1.00. The van der Waals surface area contributed by atoms with Crippen LogP contribution in [0.25, 0.3) is 22.5 Å². The van der Waals surface area contributed by atoms with Crippen LogP contribution in [-0.2, 0) is 17.8 Å². The Bertz CT molecular complexity index is 796. The van der Waals surface area contributed by atoms with Gasteiger partial charge in [0.1, 0.15) is 0 Å². The van der Waals surface area contributed by atoms with Gasteiger partial charge in [0.25, 0.3) is 0 Å². The highest BCUT2D eigenvalue weighted by Crippen LogP contribution is 2.31. The van der Waals surface area contributed by atoms with Crippen molar-refractivity contribution in [1.29, 1.82) is 0 Å². The van der Waals surface area contributed by atoms with E-state index < -0.39 is 10.8 Å². The Hall–Kier alpha value is -2.27. The maximum absolute atomic E-state index is 11.7. The Morgan fingerprint density at radius 3 is 2.57 bits per heavy atom. The van der Waals surface area contributed by atoms with E-state index in [4.69, 9.17) is 0 Å². The summed E-state index contributed by atoms with van der Waals surface area (Å²) in [6.45, 7) is 0. The second kappa shape index (κ2) is 5.61. The number of nitrogens with zero attached hydrogens (tertiary/aromatic N) is 3. The van der Waals surface area contributed by atoms with Crippen molar-refractivity contribution >= 4 is 10.8 Å². The minimum Gasteiger partial charge on any atom is -0.333 e. The van der Waals surface area contributed by atoms with Gasteiger partial charge in [-0.2, -0.15) is 0 Å². The highest BCUT2D eigenvalue weighted by Gasteiger charge is 2.13. The van der Waals surface area contributed by atoms with Crippen LogP contribution in [0.5, 0.6) is 0 Å². The first-order valence-corrected chi connectivity index (χ1v) is 8.08. The molecule has 1 atom stereocenters. The van der Waals surface area contributed by atoms with Gasteiger partial charge in [0.15, 0.2) is 0 Å². The summed E-state index contributed by atoms with van der Waals surface area (Å²) in [6, 6.07) is 11.6. The van der Waals surface area contributed by atoms with Crippen molar-refractivity contribution in [2.24, 2.45) is 7.05 Å². The molecule has 21 heavy (non-hydrogen) atoms. The predicted octanol–water partition coefficient (Wildman–Crippen LogP) is 2.89. The Morgan fingerprint density at radius 2 is 1.86 bits per heavy atom. The molecule has 0 bridgehead atoms. The normalized spacial score (nSPS) is 12.3. The molecule has 1 unspecified atom stereocenters. The first kappa shape index (κ1) is 13.7. The zero-order valence-electron chi connectivity index (χ0n) is 11.9. The first-order chi connectivity index (χ1) is 10.2. The molecule has 0 N–H and O–H groups in total. The van der Waals surface area contributed by atoms with Gasteiger partial charge in [-0.1, -0.05) is 12.1 Å². The van der Waals surface area contributed by atoms with Crippen molar-refractivity contribution in [1.82, 2.24) is 14.5 Å². The number of imidazole rings is 1. The van der Waals surface area contributed by atoms with E-state index in [-0.39, 0.29) is 0 Å². The predicted molar refractivity (Wildman–Crippen MR) is 84.2 cm³/mol. The molecular formula is C16H15N3OS. The van der Waals surface area contributed by atoms with Gasteiger partial charge in [-0.05, 0) is 24.3 Å². The summed E-state index contributed by atoms with van der Waals surface area (Å²) >= 11 is 0. The van der Waals surface area contributed by atoms with E-state index in [1.54, 1.807) is 25.0 Å². The molecule has 3 aromatic rings. The molecule has 2 aromatic heterocycles. The molecule has 0 fully saturated rings. The Labute approximate surface area is 126 Å². The van der Waals surface area contributed by atoms with E-state index in [1.165, 1.54) is 0 Å². The van der Waals surface area contributed by atoms with E-state index in [2.05, 4.69) is 9.97 Å². The van der Waals surface area contributed by atoms with Crippen LogP contribution < -0.4 is 0 Å². The molecule has 1 aromatic carbocycles. The van der Waals surface area contributed by atoms with Gasteiger partial charge in [-0.25, -0.2) is 4.98 Å². The standard InChI is InChI=1S/C16H15N3OS/c1-19-11-18-15(16(19)12-6-8-17-9-7-12)13-4-3-5-14(10-13)21(2)20/h3-11H,1-2H3. The van der Waals surface area contributed by atoms with E-state index in [0.29, 0.717) is 0 Å². The largest absolute Gasteiger partial charge is 0.333 e. The lowest BCUT2D eigenvalue weighted by molar-refractivity contribution is 0.687. The number of hydrogen-bond donors (Lipinski definition) is 0. The Balaban J connectivity index is 2.17. The Kier molecular flexibility index (Phi) is 3.66. The van der Waals surface area contributed by atoms with E-state index >= 15 is 0 Å². The maximum atomic E-state index is 11.7. The number of pyridine rings is 1. The molecule has 0 radical (unpaired) electrons. The van der Waals surface area contributed by atoms with Crippen LogP contribution in [0.4, 0.5) is 0 Å².